The van der Waals surface area contributed by atoms with Gasteiger partial charge in [-0.1, -0.05) is 127 Å². The summed E-state index contributed by atoms with van der Waals surface area (Å²) in [6, 6.07) is 59.7. The van der Waals surface area contributed by atoms with Gasteiger partial charge in [0.15, 0.2) is 17.2 Å². The zero-order chi connectivity index (χ0) is 38.8. The Morgan fingerprint density at radius 2 is 1.17 bits per heavy atom. The number of furan rings is 2. The van der Waals surface area contributed by atoms with Crippen LogP contribution in [0.15, 0.2) is 179 Å². The Kier molecular flexibility index (Phi) is 7.08. The van der Waals surface area contributed by atoms with Crippen molar-refractivity contribution < 1.29 is 8.83 Å². The lowest BCUT2D eigenvalue weighted by Gasteiger charge is -2.15. The molecule has 0 aliphatic carbocycles. The quantitative estimate of drug-likeness (QED) is 0.165. The van der Waals surface area contributed by atoms with Crippen LogP contribution in [0.4, 0.5) is 0 Å². The lowest BCUT2D eigenvalue weighted by molar-refractivity contribution is 0.669. The first-order valence-corrected chi connectivity index (χ1v) is 21.4. The third-order valence-electron chi connectivity index (χ3n) is 11.7. The van der Waals surface area contributed by atoms with Crippen LogP contribution in [0.2, 0.25) is 0 Å². The van der Waals surface area contributed by atoms with Crippen LogP contribution in [0.3, 0.4) is 0 Å². The fraction of sp³-hybridized carbons (Fsp3) is 0. The van der Waals surface area contributed by atoms with Gasteiger partial charge in [-0.3, -0.25) is 4.57 Å². The molecule has 8 aromatic carbocycles. The van der Waals surface area contributed by atoms with E-state index in [9.17, 15) is 0 Å². The Morgan fingerprint density at radius 3 is 2.05 bits per heavy atom. The highest BCUT2D eigenvalue weighted by molar-refractivity contribution is 14.1. The molecule has 0 aliphatic heterocycles. The fourth-order valence-electron chi connectivity index (χ4n) is 9.14. The number of hydrogen-bond acceptors (Lipinski definition) is 5. The minimum atomic E-state index is 0.644. The van der Waals surface area contributed by atoms with Crippen LogP contribution in [-0.2, 0) is 0 Å². The first-order valence-electron chi connectivity index (χ1n) is 19.5. The Balaban J connectivity index is 1.13. The normalized spacial score (nSPS) is 12.2. The van der Waals surface area contributed by atoms with E-state index < -0.39 is 0 Å². The number of thiophene rings is 1. The number of aromatic nitrogens is 3. The standard InChI is InChI=1S/C52H28IN3O2S/c53-47-48(38-18-10-22-42-45(38)36-16-6-9-21-41(36)57-42)54-51(30-24-25-37-44(28-30)59-43-23-11-17-31(46(37)43)29-12-2-1-3-13-29)55-52(47)56-39-19-7-4-14-32(39)34-26-27-35-33-15-5-8-20-40(33)58-50(35)49(34)56/h1-28H. The zero-order valence-electron chi connectivity index (χ0n) is 31.1. The van der Waals surface area contributed by atoms with Gasteiger partial charge in [0.1, 0.15) is 16.7 Å². The second-order valence-corrected chi connectivity index (χ2v) is 17.1. The largest absolute Gasteiger partial charge is 0.456 e. The predicted octanol–water partition coefficient (Wildman–Crippen LogP) is 15.3. The first-order chi connectivity index (χ1) is 29.2. The molecule has 13 rings (SSSR count). The molecular formula is C52H28IN3O2S. The van der Waals surface area contributed by atoms with E-state index >= 15 is 0 Å². The fourth-order valence-corrected chi connectivity index (χ4v) is 11.1. The highest BCUT2D eigenvalue weighted by Crippen LogP contribution is 2.45. The lowest BCUT2D eigenvalue weighted by Crippen LogP contribution is -2.06. The molecule has 0 N–H and O–H groups in total. The number of benzene rings is 8. The maximum Gasteiger partial charge on any atom is 0.162 e. The van der Waals surface area contributed by atoms with Crippen molar-refractivity contribution >= 4 is 120 Å². The number of nitrogens with zero attached hydrogens (tertiary/aromatic N) is 3. The summed E-state index contributed by atoms with van der Waals surface area (Å²) < 4.78 is 18.8. The van der Waals surface area contributed by atoms with Crippen LogP contribution in [-0.4, -0.2) is 14.5 Å². The van der Waals surface area contributed by atoms with Gasteiger partial charge in [-0.25, -0.2) is 9.97 Å². The molecule has 0 fully saturated rings. The molecule has 0 unspecified atom stereocenters. The molecule has 7 heteroatoms. The summed E-state index contributed by atoms with van der Waals surface area (Å²) >= 11 is 4.28. The Hall–Kier alpha value is -6.81. The van der Waals surface area contributed by atoms with Gasteiger partial charge in [-0.2, -0.15) is 0 Å². The second kappa shape index (κ2) is 12.6. The van der Waals surface area contributed by atoms with Crippen molar-refractivity contribution in [3.05, 3.63) is 173 Å². The number of fused-ring (bicyclic) bond motifs is 13. The molecule has 0 amide bonds. The van der Waals surface area contributed by atoms with Crippen molar-refractivity contribution in [3.8, 4) is 39.6 Å². The summed E-state index contributed by atoms with van der Waals surface area (Å²) in [6.45, 7) is 0. The lowest BCUT2D eigenvalue weighted by atomic mass is 9.99. The van der Waals surface area contributed by atoms with E-state index in [0.29, 0.717) is 5.82 Å². The van der Waals surface area contributed by atoms with Gasteiger partial charge < -0.3 is 8.83 Å². The average Bonchev–Trinajstić information content (AvgIpc) is 4.05. The molecule has 276 valence electrons. The summed E-state index contributed by atoms with van der Waals surface area (Å²) in [5.74, 6) is 1.43. The maximum atomic E-state index is 6.76. The molecule has 0 saturated carbocycles. The number of rotatable bonds is 4. The number of halogens is 1. The maximum absolute atomic E-state index is 6.76. The molecule has 0 saturated heterocycles. The summed E-state index contributed by atoms with van der Waals surface area (Å²) in [6.07, 6.45) is 0. The molecule has 0 spiro atoms. The van der Waals surface area contributed by atoms with Crippen LogP contribution in [0.5, 0.6) is 0 Å². The number of para-hydroxylation sites is 3. The Bertz CT molecular complexity index is 3870. The van der Waals surface area contributed by atoms with Gasteiger partial charge in [0.05, 0.1) is 20.3 Å². The van der Waals surface area contributed by atoms with Gasteiger partial charge in [-0.15, -0.1) is 11.3 Å². The highest BCUT2D eigenvalue weighted by atomic mass is 127. The van der Waals surface area contributed by atoms with Crippen LogP contribution >= 0.6 is 33.9 Å². The molecule has 0 radical (unpaired) electrons. The molecule has 5 aromatic heterocycles. The summed E-state index contributed by atoms with van der Waals surface area (Å²) in [5, 5.41) is 8.98. The smallest absolute Gasteiger partial charge is 0.162 e. The molecular weight excluding hydrogens is 858 g/mol. The van der Waals surface area contributed by atoms with Crippen molar-refractivity contribution in [2.45, 2.75) is 0 Å². The van der Waals surface area contributed by atoms with E-state index in [1.165, 1.54) is 31.3 Å². The van der Waals surface area contributed by atoms with Crippen LogP contribution in [0, 0.1) is 3.57 Å². The van der Waals surface area contributed by atoms with E-state index in [-0.39, 0.29) is 0 Å². The van der Waals surface area contributed by atoms with Gasteiger partial charge in [0, 0.05) is 63.6 Å². The minimum absolute atomic E-state index is 0.644. The van der Waals surface area contributed by atoms with Gasteiger partial charge in [0.2, 0.25) is 0 Å². The highest BCUT2D eigenvalue weighted by Gasteiger charge is 2.26. The van der Waals surface area contributed by atoms with Crippen molar-refractivity contribution in [3.63, 3.8) is 0 Å². The third-order valence-corrected chi connectivity index (χ3v) is 13.8. The van der Waals surface area contributed by atoms with E-state index in [4.69, 9.17) is 18.8 Å². The third kappa shape index (κ3) is 4.83. The van der Waals surface area contributed by atoms with Crippen LogP contribution < -0.4 is 0 Å². The van der Waals surface area contributed by atoms with Crippen molar-refractivity contribution in [1.29, 1.82) is 0 Å². The zero-order valence-corrected chi connectivity index (χ0v) is 34.1. The average molecular weight is 886 g/mol. The molecule has 5 nitrogen and oxygen atoms in total. The SMILES string of the molecule is Ic1c(-c2cccc3oc4ccccc4c23)nc(-c2ccc3c(c2)sc2cccc(-c4ccccc4)c23)nc1-n1c2ccccc2c2ccc3c4ccccc4oc3c21. The van der Waals surface area contributed by atoms with Crippen molar-refractivity contribution in [2.24, 2.45) is 0 Å². The molecule has 13 aromatic rings. The second-order valence-electron chi connectivity index (χ2n) is 15.0. The van der Waals surface area contributed by atoms with Crippen molar-refractivity contribution in [1.82, 2.24) is 14.5 Å². The van der Waals surface area contributed by atoms with E-state index in [1.54, 1.807) is 0 Å². The van der Waals surface area contributed by atoms with Crippen molar-refractivity contribution in [2.75, 3.05) is 0 Å². The molecule has 59 heavy (non-hydrogen) atoms. The summed E-state index contributed by atoms with van der Waals surface area (Å²) in [4.78, 5) is 11.1. The summed E-state index contributed by atoms with van der Waals surface area (Å²) in [5.41, 5.74) is 10.6. The first kappa shape index (κ1) is 33.2. The summed E-state index contributed by atoms with van der Waals surface area (Å²) in [7, 11) is 0. The van der Waals surface area contributed by atoms with Crippen LogP contribution in [0.25, 0.3) is 125 Å². The molecule has 0 atom stereocenters. The topological polar surface area (TPSA) is 57.0 Å². The molecule has 0 aliphatic rings. The Labute approximate surface area is 353 Å². The monoisotopic (exact) mass is 885 g/mol. The van der Waals surface area contributed by atoms with Gasteiger partial charge >= 0.3 is 0 Å². The molecule has 0 bridgehead atoms. The van der Waals surface area contributed by atoms with Gasteiger partial charge in [-0.05, 0) is 76.2 Å². The number of hydrogen-bond donors (Lipinski definition) is 0. The Morgan fingerprint density at radius 1 is 0.475 bits per heavy atom. The van der Waals surface area contributed by atoms with E-state index in [0.717, 1.165) is 91.9 Å². The van der Waals surface area contributed by atoms with Gasteiger partial charge in [0.25, 0.3) is 0 Å². The van der Waals surface area contributed by atoms with E-state index in [2.05, 4.69) is 167 Å². The van der Waals surface area contributed by atoms with E-state index in [1.807, 2.05) is 41.7 Å². The minimum Gasteiger partial charge on any atom is -0.456 e. The molecule has 5 heterocycles. The van der Waals surface area contributed by atoms with Crippen LogP contribution in [0.1, 0.15) is 0 Å². The predicted molar refractivity (Wildman–Crippen MR) is 253 cm³/mol.